The smallest absolute Gasteiger partial charge is 0.289 e. The maximum Gasteiger partial charge on any atom is 0.289 e. The molecule has 1 aromatic carbocycles. The van der Waals surface area contributed by atoms with Gasteiger partial charge in [0.1, 0.15) is 17.4 Å². The molecular weight excluding hydrogens is 260 g/mol. The van der Waals surface area contributed by atoms with Gasteiger partial charge in [0.2, 0.25) is 0 Å². The Morgan fingerprint density at radius 2 is 2.25 bits per heavy atom. The predicted molar refractivity (Wildman–Crippen MR) is 71.1 cm³/mol. The molecule has 1 N–H and O–H groups in total. The van der Waals surface area contributed by atoms with Crippen molar-refractivity contribution in [2.45, 2.75) is 20.4 Å². The zero-order chi connectivity index (χ0) is 14.7. The summed E-state index contributed by atoms with van der Waals surface area (Å²) in [5, 5.41) is 26.6. The number of hydrogen-bond acceptors (Lipinski definition) is 6. The molecule has 0 aliphatic carbocycles. The van der Waals surface area contributed by atoms with Gasteiger partial charge in [0.15, 0.2) is 0 Å². The lowest BCUT2D eigenvalue weighted by Crippen LogP contribution is -2.02. The highest BCUT2D eigenvalue weighted by Crippen LogP contribution is 2.23. The van der Waals surface area contributed by atoms with E-state index in [-0.39, 0.29) is 11.3 Å². The van der Waals surface area contributed by atoms with E-state index >= 15 is 0 Å². The Morgan fingerprint density at radius 3 is 2.80 bits per heavy atom. The third kappa shape index (κ3) is 2.59. The van der Waals surface area contributed by atoms with Crippen molar-refractivity contribution in [2.75, 3.05) is 5.32 Å². The summed E-state index contributed by atoms with van der Waals surface area (Å²) < 4.78 is 5.04. The number of nitriles is 1. The van der Waals surface area contributed by atoms with Crippen molar-refractivity contribution >= 4 is 11.4 Å². The molecule has 0 aliphatic rings. The molecule has 1 aromatic heterocycles. The quantitative estimate of drug-likeness (QED) is 0.677. The lowest BCUT2D eigenvalue weighted by atomic mass is 10.1. The number of nitrogens with zero attached hydrogens (tertiary/aromatic N) is 3. The fourth-order valence-electron chi connectivity index (χ4n) is 1.83. The Morgan fingerprint density at radius 1 is 1.50 bits per heavy atom. The standard InChI is InChI=1S/C13H12N4O3/c1-8-12(9(2)20-16-8)7-15-11-4-3-10(6-14)13(5-11)17(18)19/h3-5,15H,7H2,1-2H3. The van der Waals surface area contributed by atoms with Gasteiger partial charge >= 0.3 is 0 Å². The van der Waals surface area contributed by atoms with Crippen molar-refractivity contribution in [3.63, 3.8) is 0 Å². The first-order valence-electron chi connectivity index (χ1n) is 5.87. The van der Waals surface area contributed by atoms with Gasteiger partial charge in [-0.2, -0.15) is 5.26 Å². The molecular formula is C13H12N4O3. The summed E-state index contributed by atoms with van der Waals surface area (Å²) in [7, 11) is 0. The van der Waals surface area contributed by atoms with Gasteiger partial charge in [-0.3, -0.25) is 10.1 Å². The molecule has 0 saturated carbocycles. The second-order valence-electron chi connectivity index (χ2n) is 4.26. The van der Waals surface area contributed by atoms with Crippen LogP contribution in [0.25, 0.3) is 0 Å². The topological polar surface area (TPSA) is 105 Å². The molecule has 0 radical (unpaired) electrons. The average Bonchev–Trinajstić information content (AvgIpc) is 2.75. The van der Waals surface area contributed by atoms with E-state index in [0.717, 1.165) is 11.3 Å². The zero-order valence-corrected chi connectivity index (χ0v) is 11.0. The number of aryl methyl sites for hydroxylation is 2. The van der Waals surface area contributed by atoms with Crippen LogP contribution in [0.1, 0.15) is 22.6 Å². The van der Waals surface area contributed by atoms with Crippen molar-refractivity contribution in [1.29, 1.82) is 5.26 Å². The number of nitro benzene ring substituents is 1. The van der Waals surface area contributed by atoms with Gasteiger partial charge < -0.3 is 9.84 Å². The molecule has 7 nitrogen and oxygen atoms in total. The molecule has 0 aliphatic heterocycles. The van der Waals surface area contributed by atoms with Crippen LogP contribution in [0, 0.1) is 35.3 Å². The summed E-state index contributed by atoms with van der Waals surface area (Å²) in [6.07, 6.45) is 0. The van der Waals surface area contributed by atoms with Crippen LogP contribution in [-0.4, -0.2) is 10.1 Å². The Bertz CT molecular complexity index is 681. The van der Waals surface area contributed by atoms with Crippen molar-refractivity contribution < 1.29 is 9.45 Å². The molecule has 0 unspecified atom stereocenters. The lowest BCUT2D eigenvalue weighted by Gasteiger charge is -2.06. The van der Waals surface area contributed by atoms with E-state index < -0.39 is 4.92 Å². The highest BCUT2D eigenvalue weighted by atomic mass is 16.6. The van der Waals surface area contributed by atoms with Crippen molar-refractivity contribution in [1.82, 2.24) is 5.16 Å². The lowest BCUT2D eigenvalue weighted by molar-refractivity contribution is -0.385. The molecule has 2 aromatic rings. The Kier molecular flexibility index (Phi) is 3.66. The maximum atomic E-state index is 10.9. The minimum atomic E-state index is -0.570. The number of nitrogens with one attached hydrogen (secondary N) is 1. The van der Waals surface area contributed by atoms with Gasteiger partial charge in [-0.25, -0.2) is 0 Å². The van der Waals surface area contributed by atoms with Crippen molar-refractivity contribution in [2.24, 2.45) is 0 Å². The van der Waals surface area contributed by atoms with E-state index in [4.69, 9.17) is 9.78 Å². The number of hydrogen-bond donors (Lipinski definition) is 1. The third-order valence-electron chi connectivity index (χ3n) is 2.97. The van der Waals surface area contributed by atoms with E-state index in [9.17, 15) is 10.1 Å². The molecule has 0 bridgehead atoms. The minimum absolute atomic E-state index is 0.0397. The van der Waals surface area contributed by atoms with Crippen molar-refractivity contribution in [3.8, 4) is 6.07 Å². The van der Waals surface area contributed by atoms with Crippen LogP contribution in [0.3, 0.4) is 0 Å². The van der Waals surface area contributed by atoms with Crippen molar-refractivity contribution in [3.05, 3.63) is 50.9 Å². The molecule has 20 heavy (non-hydrogen) atoms. The van der Waals surface area contributed by atoms with E-state index in [1.54, 1.807) is 19.1 Å². The maximum absolute atomic E-state index is 10.9. The fraction of sp³-hybridized carbons (Fsp3) is 0.231. The first kappa shape index (κ1) is 13.5. The van der Waals surface area contributed by atoms with E-state index in [0.29, 0.717) is 18.0 Å². The van der Waals surface area contributed by atoms with Gasteiger partial charge in [-0.1, -0.05) is 5.16 Å². The van der Waals surface area contributed by atoms with E-state index in [2.05, 4.69) is 10.5 Å². The zero-order valence-electron chi connectivity index (χ0n) is 11.0. The Hall–Kier alpha value is -2.88. The number of rotatable bonds is 4. The highest BCUT2D eigenvalue weighted by Gasteiger charge is 2.15. The molecule has 1 heterocycles. The first-order chi connectivity index (χ1) is 9.52. The molecule has 0 amide bonds. The second kappa shape index (κ2) is 5.40. The predicted octanol–water partition coefficient (Wildman–Crippen LogP) is 2.68. The van der Waals surface area contributed by atoms with Gasteiger partial charge in [0.05, 0.1) is 10.6 Å². The number of nitro groups is 1. The van der Waals surface area contributed by atoms with Gasteiger partial charge in [-0.05, 0) is 26.0 Å². The normalized spacial score (nSPS) is 10.1. The summed E-state index contributed by atoms with van der Waals surface area (Å²) in [4.78, 5) is 10.3. The van der Waals surface area contributed by atoms with Crippen LogP contribution >= 0.6 is 0 Å². The Balaban J connectivity index is 2.21. The second-order valence-corrected chi connectivity index (χ2v) is 4.26. The minimum Gasteiger partial charge on any atom is -0.381 e. The number of benzene rings is 1. The highest BCUT2D eigenvalue weighted by molar-refractivity contribution is 5.59. The Labute approximate surface area is 115 Å². The van der Waals surface area contributed by atoms with Gasteiger partial charge in [-0.15, -0.1) is 0 Å². The van der Waals surface area contributed by atoms with Crippen LogP contribution in [-0.2, 0) is 6.54 Å². The fourth-order valence-corrected chi connectivity index (χ4v) is 1.83. The average molecular weight is 272 g/mol. The molecule has 7 heteroatoms. The van der Waals surface area contributed by atoms with E-state index in [1.807, 2.05) is 6.92 Å². The summed E-state index contributed by atoms with van der Waals surface area (Å²) in [6.45, 7) is 4.08. The molecule has 0 atom stereocenters. The van der Waals surface area contributed by atoms with Gasteiger partial charge in [0, 0.05) is 23.9 Å². The largest absolute Gasteiger partial charge is 0.381 e. The molecule has 2 rings (SSSR count). The van der Waals surface area contributed by atoms with Crippen LogP contribution in [0.2, 0.25) is 0 Å². The van der Waals surface area contributed by atoms with E-state index in [1.165, 1.54) is 12.1 Å². The van der Waals surface area contributed by atoms with Crippen LogP contribution < -0.4 is 5.32 Å². The molecule has 0 spiro atoms. The first-order valence-corrected chi connectivity index (χ1v) is 5.87. The summed E-state index contributed by atoms with van der Waals surface area (Å²) in [5.41, 5.74) is 2.08. The molecule has 102 valence electrons. The number of aromatic nitrogens is 1. The SMILES string of the molecule is Cc1noc(C)c1CNc1ccc(C#N)c([N+](=O)[O-])c1. The van der Waals surface area contributed by atoms with Crippen LogP contribution in [0.15, 0.2) is 22.7 Å². The van der Waals surface area contributed by atoms with Crippen LogP contribution in [0.5, 0.6) is 0 Å². The van der Waals surface area contributed by atoms with Crippen LogP contribution in [0.4, 0.5) is 11.4 Å². The summed E-state index contributed by atoms with van der Waals surface area (Å²) in [6, 6.07) is 6.19. The molecule has 0 fully saturated rings. The summed E-state index contributed by atoms with van der Waals surface area (Å²) in [5.74, 6) is 0.707. The third-order valence-corrected chi connectivity index (χ3v) is 2.97. The monoisotopic (exact) mass is 272 g/mol. The summed E-state index contributed by atoms with van der Waals surface area (Å²) >= 11 is 0. The molecule has 0 saturated heterocycles. The van der Waals surface area contributed by atoms with Gasteiger partial charge in [0.25, 0.3) is 5.69 Å². The number of anilines is 1.